The summed E-state index contributed by atoms with van der Waals surface area (Å²) in [5, 5.41) is 0. The molecule has 0 amide bonds. The van der Waals surface area contributed by atoms with E-state index in [1.807, 2.05) is 0 Å². The number of nitrogens with two attached hydrogens (primary N) is 1. The van der Waals surface area contributed by atoms with Crippen LogP contribution < -0.4 is 10.5 Å². The third-order valence-corrected chi connectivity index (χ3v) is 4.08. The first-order chi connectivity index (χ1) is 8.93. The molecular formula is C13H14ClF4NO. The van der Waals surface area contributed by atoms with Gasteiger partial charge in [0.05, 0.1) is 0 Å². The van der Waals surface area contributed by atoms with E-state index in [-0.39, 0.29) is 30.4 Å². The molecule has 1 heterocycles. The van der Waals surface area contributed by atoms with E-state index in [0.29, 0.717) is 25.7 Å². The highest BCUT2D eigenvalue weighted by Gasteiger charge is 2.46. The first kappa shape index (κ1) is 15.4. The van der Waals surface area contributed by atoms with E-state index in [0.717, 1.165) is 0 Å². The number of halogens is 5. The van der Waals surface area contributed by atoms with Gasteiger partial charge in [0, 0.05) is 18.0 Å². The summed E-state index contributed by atoms with van der Waals surface area (Å²) in [7, 11) is 0. The average molecular weight is 312 g/mol. The highest BCUT2D eigenvalue weighted by atomic mass is 35.5. The molecule has 0 atom stereocenters. The monoisotopic (exact) mass is 311 g/mol. The van der Waals surface area contributed by atoms with Gasteiger partial charge in [0.25, 0.3) is 0 Å². The molecule has 0 radical (unpaired) electrons. The minimum atomic E-state index is -1.82. The summed E-state index contributed by atoms with van der Waals surface area (Å²) in [6, 6.07) is 0.0427. The Balaban J connectivity index is 0.00000147. The normalized spacial score (nSPS) is 27.9. The quantitative estimate of drug-likeness (QED) is 0.453. The van der Waals surface area contributed by atoms with Gasteiger partial charge in [0.15, 0.2) is 17.4 Å². The van der Waals surface area contributed by atoms with E-state index in [2.05, 4.69) is 0 Å². The summed E-state index contributed by atoms with van der Waals surface area (Å²) in [6.07, 6.45) is 2.47. The summed E-state index contributed by atoms with van der Waals surface area (Å²) in [4.78, 5) is 0. The maximum absolute atomic E-state index is 13.7. The Morgan fingerprint density at radius 1 is 0.950 bits per heavy atom. The molecule has 1 spiro atoms. The molecule has 0 saturated heterocycles. The Morgan fingerprint density at radius 3 is 2.10 bits per heavy atom. The van der Waals surface area contributed by atoms with Crippen LogP contribution in [-0.2, 0) is 6.42 Å². The molecule has 0 bridgehead atoms. The van der Waals surface area contributed by atoms with Crippen molar-refractivity contribution in [3.63, 3.8) is 0 Å². The van der Waals surface area contributed by atoms with Crippen LogP contribution in [0.3, 0.4) is 0 Å². The minimum absolute atomic E-state index is 0. The number of ether oxygens (including phenoxy) is 1. The van der Waals surface area contributed by atoms with Gasteiger partial charge >= 0.3 is 0 Å². The largest absolute Gasteiger partial charge is 0.483 e. The van der Waals surface area contributed by atoms with Crippen molar-refractivity contribution in [2.45, 2.75) is 43.7 Å². The van der Waals surface area contributed by atoms with Gasteiger partial charge < -0.3 is 10.5 Å². The lowest BCUT2D eigenvalue weighted by Gasteiger charge is -2.35. The molecule has 1 saturated carbocycles. The summed E-state index contributed by atoms with van der Waals surface area (Å²) in [5.41, 5.74) is 4.81. The lowest BCUT2D eigenvalue weighted by atomic mass is 9.80. The molecule has 1 aromatic carbocycles. The predicted molar refractivity (Wildman–Crippen MR) is 67.0 cm³/mol. The average Bonchev–Trinajstić information content (AvgIpc) is 2.78. The third-order valence-electron chi connectivity index (χ3n) is 4.08. The molecule has 1 aromatic rings. The van der Waals surface area contributed by atoms with Gasteiger partial charge in [-0.25, -0.2) is 13.2 Å². The van der Waals surface area contributed by atoms with Crippen LogP contribution in [0.4, 0.5) is 17.6 Å². The van der Waals surface area contributed by atoms with Gasteiger partial charge in [0.1, 0.15) is 5.60 Å². The predicted octanol–water partition coefficient (Wildman–Crippen LogP) is 3.24. The maximum Gasteiger partial charge on any atom is 0.204 e. The van der Waals surface area contributed by atoms with Gasteiger partial charge in [-0.1, -0.05) is 0 Å². The van der Waals surface area contributed by atoms with Crippen molar-refractivity contribution in [3.05, 3.63) is 28.8 Å². The van der Waals surface area contributed by atoms with E-state index in [4.69, 9.17) is 10.5 Å². The second-order valence-corrected chi connectivity index (χ2v) is 5.36. The molecule has 2 N–H and O–H groups in total. The molecule has 0 aromatic heterocycles. The summed E-state index contributed by atoms with van der Waals surface area (Å²) < 4.78 is 59.1. The topological polar surface area (TPSA) is 35.2 Å². The second-order valence-electron chi connectivity index (χ2n) is 5.36. The Bertz CT molecular complexity index is 505. The Hall–Kier alpha value is -1.01. The lowest BCUT2D eigenvalue weighted by Crippen LogP contribution is -2.42. The van der Waals surface area contributed by atoms with Crippen LogP contribution in [-0.4, -0.2) is 11.6 Å². The highest BCUT2D eigenvalue weighted by Crippen LogP contribution is 2.46. The van der Waals surface area contributed by atoms with Crippen molar-refractivity contribution in [1.29, 1.82) is 0 Å². The number of benzene rings is 1. The van der Waals surface area contributed by atoms with Crippen LogP contribution in [0.5, 0.6) is 5.75 Å². The standard InChI is InChI=1S/C13H13F4NO.ClH/c14-8-7-5-13(3-1-6(18)2-4-13)19-12(7)11(17)10(16)9(8)15;/h6H,1-5,18H2;1H. The van der Waals surface area contributed by atoms with E-state index >= 15 is 0 Å². The number of hydrogen-bond acceptors (Lipinski definition) is 2. The van der Waals surface area contributed by atoms with Crippen molar-refractivity contribution in [2.24, 2.45) is 5.73 Å². The molecule has 20 heavy (non-hydrogen) atoms. The maximum atomic E-state index is 13.7. The Kier molecular flexibility index (Phi) is 3.90. The van der Waals surface area contributed by atoms with Crippen molar-refractivity contribution in [2.75, 3.05) is 0 Å². The number of rotatable bonds is 0. The summed E-state index contributed by atoms with van der Waals surface area (Å²) in [6.45, 7) is 0. The van der Waals surface area contributed by atoms with Gasteiger partial charge in [-0.05, 0) is 25.7 Å². The summed E-state index contributed by atoms with van der Waals surface area (Å²) >= 11 is 0. The molecule has 1 aliphatic heterocycles. The second kappa shape index (κ2) is 5.07. The Morgan fingerprint density at radius 2 is 1.50 bits per heavy atom. The van der Waals surface area contributed by atoms with Crippen molar-refractivity contribution in [1.82, 2.24) is 0 Å². The van der Waals surface area contributed by atoms with Crippen LogP contribution in [0, 0.1) is 23.3 Å². The molecular weight excluding hydrogens is 298 g/mol. The van der Waals surface area contributed by atoms with Crippen LogP contribution in [0.2, 0.25) is 0 Å². The van der Waals surface area contributed by atoms with Crippen molar-refractivity contribution < 1.29 is 22.3 Å². The molecule has 7 heteroatoms. The molecule has 0 unspecified atom stereocenters. The van der Waals surface area contributed by atoms with Crippen LogP contribution in [0.15, 0.2) is 0 Å². The molecule has 1 aliphatic carbocycles. The fourth-order valence-electron chi connectivity index (χ4n) is 2.94. The van der Waals surface area contributed by atoms with Crippen LogP contribution in [0.25, 0.3) is 0 Å². The van der Waals surface area contributed by atoms with Gasteiger partial charge in [-0.2, -0.15) is 4.39 Å². The van der Waals surface area contributed by atoms with E-state index < -0.39 is 34.6 Å². The molecule has 1 fully saturated rings. The van der Waals surface area contributed by atoms with Gasteiger partial charge in [-0.3, -0.25) is 0 Å². The third kappa shape index (κ3) is 2.15. The number of hydrogen-bond donors (Lipinski definition) is 1. The fourth-order valence-corrected chi connectivity index (χ4v) is 2.94. The fraction of sp³-hybridized carbons (Fsp3) is 0.538. The van der Waals surface area contributed by atoms with E-state index in [9.17, 15) is 17.6 Å². The zero-order chi connectivity index (χ0) is 13.8. The minimum Gasteiger partial charge on any atom is -0.483 e. The van der Waals surface area contributed by atoms with Gasteiger partial charge in [-0.15, -0.1) is 12.4 Å². The first-order valence-electron chi connectivity index (χ1n) is 6.23. The van der Waals surface area contributed by atoms with E-state index in [1.165, 1.54) is 0 Å². The van der Waals surface area contributed by atoms with Crippen LogP contribution >= 0.6 is 12.4 Å². The summed E-state index contributed by atoms with van der Waals surface area (Å²) in [5.74, 6) is -6.86. The van der Waals surface area contributed by atoms with Crippen LogP contribution in [0.1, 0.15) is 31.2 Å². The lowest BCUT2D eigenvalue weighted by molar-refractivity contribution is 0.0439. The zero-order valence-corrected chi connectivity index (χ0v) is 11.3. The molecule has 112 valence electrons. The van der Waals surface area contributed by atoms with E-state index in [1.54, 1.807) is 0 Å². The SMILES string of the molecule is Cl.NC1CCC2(CC1)Cc1c(F)c(F)c(F)c(F)c1O2. The zero-order valence-electron chi connectivity index (χ0n) is 10.5. The highest BCUT2D eigenvalue weighted by molar-refractivity contribution is 5.85. The molecule has 3 rings (SSSR count). The smallest absolute Gasteiger partial charge is 0.204 e. The first-order valence-corrected chi connectivity index (χ1v) is 6.23. The van der Waals surface area contributed by atoms with Crippen molar-refractivity contribution in [3.8, 4) is 5.75 Å². The van der Waals surface area contributed by atoms with Crippen molar-refractivity contribution >= 4 is 12.4 Å². The molecule has 2 aliphatic rings. The molecule has 2 nitrogen and oxygen atoms in total. The van der Waals surface area contributed by atoms with Gasteiger partial charge in [0.2, 0.25) is 11.6 Å². The Labute approximate surface area is 119 Å². The number of fused-ring (bicyclic) bond motifs is 1.